The molecule has 2 N–H and O–H groups in total. The zero-order valence-corrected chi connectivity index (χ0v) is 32.1. The number of nitrogens with zero attached hydrogens (tertiary/aromatic N) is 4. The quantitative estimate of drug-likeness (QED) is 0.0783. The minimum atomic E-state index is -0.700. The molecule has 11 nitrogen and oxygen atoms in total. The first-order chi connectivity index (χ1) is 26.8. The predicted octanol–water partition coefficient (Wildman–Crippen LogP) is 6.90. The van der Waals surface area contributed by atoms with Gasteiger partial charge >= 0.3 is 11.9 Å². The highest BCUT2D eigenvalue weighted by atomic mass is 32.1. The lowest BCUT2D eigenvalue weighted by Gasteiger charge is -2.49. The van der Waals surface area contributed by atoms with Crippen LogP contribution < -0.4 is 15.0 Å². The molecule has 3 aliphatic rings. The van der Waals surface area contributed by atoms with Gasteiger partial charge in [0.05, 0.1) is 23.9 Å². The third kappa shape index (κ3) is 8.37. The Bertz CT molecular complexity index is 2250. The number of carboxylic acid groups (broad SMARTS) is 1. The standard InChI is InChI=1S/C42H41N5O6S2/c1-52-40(51)38-36(10-5-19-53-31-15-13-26(14-16-31)11-12-27-23-47(24-27)30-20-28(21-30)22-37(48)49)55-42(44-38)46-18-17-29-6-4-7-32(33(29)25-46)39(50)45-41-43-34-8-2-3-9-35(34)54-41/h2-4,6-9,13-16,27-28,30H,5,10,17-25H2,1H3,(H,48,49)(H,43,45,50). The SMILES string of the molecule is COC(=O)c1nc(N2CCc3cccc(C(=O)Nc4nc5ccccc5s4)c3C2)sc1CCCOc1ccc(C#CC2CN(C3CC(CC(=O)O)C3)C2)cc1. The molecule has 0 unspecified atom stereocenters. The number of carboxylic acids is 1. The van der Waals surface area contributed by atoms with Gasteiger partial charge in [-0.25, -0.2) is 14.8 Å². The van der Waals surface area contributed by atoms with Gasteiger partial charge in [0, 0.05) is 60.6 Å². The lowest BCUT2D eigenvalue weighted by atomic mass is 9.75. The van der Waals surface area contributed by atoms with Gasteiger partial charge in [-0.3, -0.25) is 19.8 Å². The molecule has 0 bridgehead atoms. The number of carbonyl (C=O) groups excluding carboxylic acids is 2. The summed E-state index contributed by atoms with van der Waals surface area (Å²) in [5.41, 5.74) is 4.79. The Hall–Kier alpha value is -5.29. The van der Waals surface area contributed by atoms with Crippen molar-refractivity contribution in [1.82, 2.24) is 14.9 Å². The molecule has 1 saturated heterocycles. The number of carbonyl (C=O) groups is 3. The number of aromatic nitrogens is 2. The molecular formula is C42H41N5O6S2. The van der Waals surface area contributed by atoms with E-state index < -0.39 is 11.9 Å². The molecule has 2 fully saturated rings. The number of aliphatic carboxylic acids is 1. The van der Waals surface area contributed by atoms with Crippen LogP contribution in [0, 0.1) is 23.7 Å². The van der Waals surface area contributed by atoms with E-state index in [1.807, 2.05) is 60.7 Å². The fraction of sp³-hybridized carbons (Fsp3) is 0.357. The second-order valence-electron chi connectivity index (χ2n) is 14.3. The highest BCUT2D eigenvalue weighted by Gasteiger charge is 2.39. The Kier molecular flexibility index (Phi) is 10.8. The molecule has 1 amide bonds. The number of fused-ring (bicyclic) bond motifs is 2. The first-order valence-corrected chi connectivity index (χ1v) is 20.2. The average Bonchev–Trinajstić information content (AvgIpc) is 3.78. The molecule has 2 aromatic heterocycles. The number of anilines is 2. The van der Waals surface area contributed by atoms with E-state index in [1.54, 1.807) is 0 Å². The van der Waals surface area contributed by atoms with Crippen molar-refractivity contribution in [2.75, 3.05) is 43.6 Å². The van der Waals surface area contributed by atoms with Crippen LogP contribution in [0.1, 0.15) is 68.1 Å². The molecule has 282 valence electrons. The second kappa shape index (κ2) is 16.2. The molecular weight excluding hydrogens is 735 g/mol. The third-order valence-electron chi connectivity index (χ3n) is 10.6. The van der Waals surface area contributed by atoms with Gasteiger partial charge in [-0.15, -0.1) is 11.3 Å². The minimum Gasteiger partial charge on any atom is -0.494 e. The van der Waals surface area contributed by atoms with Crippen molar-refractivity contribution in [3.63, 3.8) is 0 Å². The molecule has 1 aliphatic carbocycles. The molecule has 4 heterocycles. The van der Waals surface area contributed by atoms with Gasteiger partial charge in [0.1, 0.15) is 5.75 Å². The summed E-state index contributed by atoms with van der Waals surface area (Å²) in [6.45, 7) is 3.58. The van der Waals surface area contributed by atoms with Crippen LogP contribution in [0.15, 0.2) is 66.7 Å². The first-order valence-electron chi connectivity index (χ1n) is 18.6. The van der Waals surface area contributed by atoms with Crippen molar-refractivity contribution in [3.8, 4) is 17.6 Å². The van der Waals surface area contributed by atoms with E-state index in [2.05, 4.69) is 38.0 Å². The number of amides is 1. The minimum absolute atomic E-state index is 0.198. The van der Waals surface area contributed by atoms with E-state index in [0.717, 1.165) is 75.0 Å². The maximum atomic E-state index is 13.5. The summed E-state index contributed by atoms with van der Waals surface area (Å²) in [4.78, 5) is 51.9. The molecule has 13 heteroatoms. The lowest BCUT2D eigenvalue weighted by Crippen LogP contribution is -2.56. The Morgan fingerprint density at radius 1 is 1.00 bits per heavy atom. The van der Waals surface area contributed by atoms with Gasteiger partial charge < -0.3 is 19.5 Å². The van der Waals surface area contributed by atoms with E-state index in [9.17, 15) is 14.4 Å². The molecule has 0 radical (unpaired) electrons. The molecule has 0 spiro atoms. The third-order valence-corrected chi connectivity index (χ3v) is 12.7. The van der Waals surface area contributed by atoms with Gasteiger partial charge in [-0.2, -0.15) is 0 Å². The largest absolute Gasteiger partial charge is 0.494 e. The number of likely N-dealkylation sites (tertiary alicyclic amines) is 1. The number of esters is 1. The summed E-state index contributed by atoms with van der Waals surface area (Å²) in [5.74, 6) is 6.73. The number of methoxy groups -OCH3 is 1. The summed E-state index contributed by atoms with van der Waals surface area (Å²) >= 11 is 2.93. The van der Waals surface area contributed by atoms with E-state index >= 15 is 0 Å². The van der Waals surface area contributed by atoms with Crippen molar-refractivity contribution in [1.29, 1.82) is 0 Å². The van der Waals surface area contributed by atoms with Crippen molar-refractivity contribution in [3.05, 3.63) is 99.6 Å². The van der Waals surface area contributed by atoms with Crippen molar-refractivity contribution < 1.29 is 29.0 Å². The molecule has 8 rings (SSSR count). The second-order valence-corrected chi connectivity index (χ2v) is 16.4. The van der Waals surface area contributed by atoms with E-state index in [4.69, 9.17) is 19.6 Å². The summed E-state index contributed by atoms with van der Waals surface area (Å²) in [6.07, 6.45) is 4.28. The molecule has 3 aromatic carbocycles. The summed E-state index contributed by atoms with van der Waals surface area (Å²) < 4.78 is 12.2. The van der Waals surface area contributed by atoms with Crippen LogP contribution >= 0.6 is 22.7 Å². The predicted molar refractivity (Wildman–Crippen MR) is 213 cm³/mol. The zero-order valence-electron chi connectivity index (χ0n) is 30.5. The number of rotatable bonds is 12. The van der Waals surface area contributed by atoms with Crippen LogP contribution in [0.2, 0.25) is 0 Å². The van der Waals surface area contributed by atoms with E-state index in [0.29, 0.717) is 66.8 Å². The van der Waals surface area contributed by atoms with Crippen molar-refractivity contribution in [2.45, 2.75) is 51.1 Å². The molecule has 55 heavy (non-hydrogen) atoms. The van der Waals surface area contributed by atoms with Crippen LogP contribution in [0.3, 0.4) is 0 Å². The Labute approximate surface area is 327 Å². The number of ether oxygens (including phenoxy) is 2. The van der Waals surface area contributed by atoms with Gasteiger partial charge in [0.15, 0.2) is 16.0 Å². The molecule has 1 saturated carbocycles. The molecule has 0 atom stereocenters. The number of benzene rings is 3. The number of aryl methyl sites for hydroxylation is 1. The number of hydrogen-bond acceptors (Lipinski definition) is 11. The smallest absolute Gasteiger partial charge is 0.357 e. The van der Waals surface area contributed by atoms with Gasteiger partial charge in [0.25, 0.3) is 5.91 Å². The summed E-state index contributed by atoms with van der Waals surface area (Å²) in [7, 11) is 1.37. The first kappa shape index (κ1) is 36.7. The molecule has 5 aromatic rings. The van der Waals surface area contributed by atoms with Crippen LogP contribution in [0.4, 0.5) is 10.3 Å². The fourth-order valence-electron chi connectivity index (χ4n) is 7.50. The summed E-state index contributed by atoms with van der Waals surface area (Å²) in [6, 6.07) is 22.0. The van der Waals surface area contributed by atoms with E-state index in [-0.39, 0.29) is 12.3 Å². The lowest BCUT2D eigenvalue weighted by molar-refractivity contribution is -0.139. The number of thiazole rings is 2. The van der Waals surface area contributed by atoms with Crippen LogP contribution in [-0.4, -0.2) is 77.2 Å². The topological polar surface area (TPSA) is 134 Å². The Morgan fingerprint density at radius 2 is 1.82 bits per heavy atom. The van der Waals surface area contributed by atoms with Crippen LogP contribution in [0.5, 0.6) is 5.75 Å². The van der Waals surface area contributed by atoms with E-state index in [1.165, 1.54) is 29.8 Å². The monoisotopic (exact) mass is 775 g/mol. The summed E-state index contributed by atoms with van der Waals surface area (Å²) in [5, 5.41) is 13.3. The van der Waals surface area contributed by atoms with Crippen LogP contribution in [0.25, 0.3) is 10.2 Å². The highest BCUT2D eigenvalue weighted by Crippen LogP contribution is 2.38. The number of hydrogen-bond donors (Lipinski definition) is 2. The normalized spacial score (nSPS) is 18.0. The van der Waals surface area contributed by atoms with Gasteiger partial charge in [-0.05, 0) is 91.6 Å². The van der Waals surface area contributed by atoms with Crippen molar-refractivity contribution in [2.24, 2.45) is 11.8 Å². The number of para-hydroxylation sites is 1. The molecule has 2 aliphatic heterocycles. The van der Waals surface area contributed by atoms with Crippen molar-refractivity contribution >= 4 is 61.0 Å². The van der Waals surface area contributed by atoms with Gasteiger partial charge in [0.2, 0.25) is 0 Å². The maximum absolute atomic E-state index is 13.5. The highest BCUT2D eigenvalue weighted by molar-refractivity contribution is 7.22. The average molecular weight is 776 g/mol. The zero-order chi connectivity index (χ0) is 37.9. The van der Waals surface area contributed by atoms with Gasteiger partial charge in [-0.1, -0.05) is 47.4 Å². The Balaban J connectivity index is 0.839. The van der Waals surface area contributed by atoms with Crippen LogP contribution in [-0.2, 0) is 28.9 Å². The number of nitrogens with one attached hydrogen (secondary N) is 1. The Morgan fingerprint density at radius 3 is 2.60 bits per heavy atom. The maximum Gasteiger partial charge on any atom is 0.357 e. The fourth-order valence-corrected chi connectivity index (χ4v) is 9.48.